The molecule has 1 heterocycles. The number of pyridine rings is 1. The first-order valence-electron chi connectivity index (χ1n) is 10.2. The third kappa shape index (κ3) is 5.52. The molecule has 3 aromatic rings. The third-order valence-electron chi connectivity index (χ3n) is 5.05. The fraction of sp³-hybridized carbons (Fsp3) is 0.273. The lowest BCUT2D eigenvalue weighted by Gasteiger charge is -2.23. The molecule has 1 aromatic heterocycles. The Morgan fingerprint density at radius 2 is 1.88 bits per heavy atom. The largest absolute Gasteiger partial charge is 0.759 e. The maximum Gasteiger partial charge on any atom is 0.224 e. The molecular formula is C22H20F3N2O5S2-. The highest BCUT2D eigenvalue weighted by Gasteiger charge is 2.26. The van der Waals surface area contributed by atoms with Crippen molar-refractivity contribution < 1.29 is 35.1 Å². The van der Waals surface area contributed by atoms with E-state index in [0.717, 1.165) is 0 Å². The molecule has 1 unspecified atom stereocenters. The van der Waals surface area contributed by atoms with E-state index in [1.165, 1.54) is 18.2 Å². The first kappa shape index (κ1) is 25.9. The lowest BCUT2D eigenvalue weighted by Crippen LogP contribution is -2.35. The molecule has 182 valence electrons. The standard InChI is InChI=1S/C22H21F3N2O5S2/c1-2-11-34(31,32)27(33(29)30)10-4-6-15-13-17(23)21(25)19(20(15)24)22(28)16-7-8-18-14(12-16)5-3-9-26-18/h3,5,7-9,12-13H,2,4,6,10-11H2,1H3,(H,29,30)/p-1. The van der Waals surface area contributed by atoms with Gasteiger partial charge in [0, 0.05) is 35.0 Å². The molecule has 12 heteroatoms. The Balaban J connectivity index is 1.89. The van der Waals surface area contributed by atoms with Gasteiger partial charge in [-0.25, -0.2) is 21.6 Å². The molecule has 0 radical (unpaired) electrons. The maximum absolute atomic E-state index is 15.1. The molecule has 0 amide bonds. The van der Waals surface area contributed by atoms with Gasteiger partial charge in [-0.15, -0.1) is 3.71 Å². The van der Waals surface area contributed by atoms with Crippen LogP contribution in [-0.4, -0.2) is 44.0 Å². The SMILES string of the molecule is CCCS(=O)(=O)N(CCCc1cc(F)c(F)c(C(=O)c2ccc3ncccc3c2)c1F)S(=O)[O-]. The molecule has 0 spiro atoms. The predicted octanol–water partition coefficient (Wildman–Crippen LogP) is 3.65. The average molecular weight is 514 g/mol. The number of benzene rings is 2. The van der Waals surface area contributed by atoms with Gasteiger partial charge in [-0.05, 0) is 55.2 Å². The van der Waals surface area contributed by atoms with E-state index in [0.29, 0.717) is 17.0 Å². The van der Waals surface area contributed by atoms with E-state index in [9.17, 15) is 30.8 Å². The van der Waals surface area contributed by atoms with Crippen LogP contribution in [0.2, 0.25) is 0 Å². The quantitative estimate of drug-likeness (QED) is 0.233. The number of ketones is 1. The Hall–Kier alpha value is -2.67. The molecule has 2 aromatic carbocycles. The molecule has 1 atom stereocenters. The summed E-state index contributed by atoms with van der Waals surface area (Å²) in [5, 5.41) is 0.546. The van der Waals surface area contributed by atoms with Gasteiger partial charge in [0.25, 0.3) is 0 Å². The van der Waals surface area contributed by atoms with E-state index in [1.54, 1.807) is 25.3 Å². The van der Waals surface area contributed by atoms with Crippen LogP contribution >= 0.6 is 0 Å². The summed E-state index contributed by atoms with van der Waals surface area (Å²) in [5.41, 5.74) is -0.984. The lowest BCUT2D eigenvalue weighted by atomic mass is 9.97. The first-order valence-corrected chi connectivity index (χ1v) is 12.9. The molecule has 0 bridgehead atoms. The van der Waals surface area contributed by atoms with E-state index < -0.39 is 62.4 Å². The van der Waals surface area contributed by atoms with Gasteiger partial charge >= 0.3 is 0 Å². The molecule has 0 saturated carbocycles. The van der Waals surface area contributed by atoms with Crippen LogP contribution < -0.4 is 0 Å². The summed E-state index contributed by atoms with van der Waals surface area (Å²) in [5.74, 6) is -5.87. The monoisotopic (exact) mass is 513 g/mol. The number of carbonyl (C=O) groups excluding carboxylic acids is 1. The van der Waals surface area contributed by atoms with E-state index in [2.05, 4.69) is 4.98 Å². The molecule has 3 rings (SSSR count). The van der Waals surface area contributed by atoms with Crippen molar-refractivity contribution in [1.29, 1.82) is 0 Å². The van der Waals surface area contributed by atoms with Crippen molar-refractivity contribution in [2.45, 2.75) is 26.2 Å². The summed E-state index contributed by atoms with van der Waals surface area (Å²) in [6, 6.07) is 8.05. The van der Waals surface area contributed by atoms with Gasteiger partial charge in [-0.2, -0.15) is 0 Å². The number of hydrogen-bond donors (Lipinski definition) is 0. The Bertz CT molecular complexity index is 1370. The fourth-order valence-electron chi connectivity index (χ4n) is 3.46. The normalized spacial score (nSPS) is 12.9. The Morgan fingerprint density at radius 3 is 2.56 bits per heavy atom. The summed E-state index contributed by atoms with van der Waals surface area (Å²) in [6.45, 7) is 1.04. The summed E-state index contributed by atoms with van der Waals surface area (Å²) in [4.78, 5) is 17.0. The zero-order valence-corrected chi connectivity index (χ0v) is 19.6. The van der Waals surface area contributed by atoms with Crippen LogP contribution in [-0.2, 0) is 27.7 Å². The molecule has 0 aliphatic rings. The van der Waals surface area contributed by atoms with Crippen molar-refractivity contribution in [2.75, 3.05) is 12.3 Å². The van der Waals surface area contributed by atoms with Gasteiger partial charge in [0.1, 0.15) is 5.82 Å². The summed E-state index contributed by atoms with van der Waals surface area (Å²) in [6.07, 6.45) is 1.18. The van der Waals surface area contributed by atoms with Gasteiger partial charge in [0.2, 0.25) is 10.0 Å². The number of carbonyl (C=O) groups is 1. The second-order valence-electron chi connectivity index (χ2n) is 7.42. The molecule has 0 aliphatic heterocycles. The van der Waals surface area contributed by atoms with Crippen LogP contribution in [0.4, 0.5) is 13.2 Å². The van der Waals surface area contributed by atoms with Crippen LogP contribution in [0.3, 0.4) is 0 Å². The minimum atomic E-state index is -4.09. The first-order chi connectivity index (χ1) is 16.1. The molecule has 0 N–H and O–H groups in total. The summed E-state index contributed by atoms with van der Waals surface area (Å²) < 4.78 is 90.9. The van der Waals surface area contributed by atoms with Crippen molar-refractivity contribution in [1.82, 2.24) is 8.69 Å². The minimum Gasteiger partial charge on any atom is -0.759 e. The van der Waals surface area contributed by atoms with Crippen molar-refractivity contribution >= 4 is 38.0 Å². The number of nitrogens with zero attached hydrogens (tertiary/aromatic N) is 2. The molecule has 0 aliphatic carbocycles. The molecule has 34 heavy (non-hydrogen) atoms. The van der Waals surface area contributed by atoms with Gasteiger partial charge in [0.05, 0.1) is 16.8 Å². The zero-order valence-electron chi connectivity index (χ0n) is 18.0. The Kier molecular flexibility index (Phi) is 8.18. The van der Waals surface area contributed by atoms with E-state index >= 15 is 4.39 Å². The van der Waals surface area contributed by atoms with Crippen LogP contribution in [0, 0.1) is 17.5 Å². The number of fused-ring (bicyclic) bond motifs is 1. The lowest BCUT2D eigenvalue weighted by molar-refractivity contribution is 0.102. The van der Waals surface area contributed by atoms with E-state index in [-0.39, 0.29) is 34.1 Å². The fourth-order valence-corrected chi connectivity index (χ4v) is 5.83. The van der Waals surface area contributed by atoms with Crippen LogP contribution in [0.5, 0.6) is 0 Å². The second-order valence-corrected chi connectivity index (χ2v) is 10.5. The molecular weight excluding hydrogens is 493 g/mol. The number of sulfonamides is 1. The summed E-state index contributed by atoms with van der Waals surface area (Å²) in [7, 11) is -4.09. The Morgan fingerprint density at radius 1 is 1.15 bits per heavy atom. The van der Waals surface area contributed by atoms with Gasteiger partial charge in [0.15, 0.2) is 17.4 Å². The number of rotatable bonds is 10. The number of aromatic nitrogens is 1. The van der Waals surface area contributed by atoms with Crippen LogP contribution in [0.25, 0.3) is 10.9 Å². The van der Waals surface area contributed by atoms with E-state index in [1.807, 2.05) is 0 Å². The minimum absolute atomic E-state index is 0.0755. The van der Waals surface area contributed by atoms with Crippen LogP contribution in [0.1, 0.15) is 41.3 Å². The highest BCUT2D eigenvalue weighted by Crippen LogP contribution is 2.25. The number of hydrogen-bond acceptors (Lipinski definition) is 6. The third-order valence-corrected chi connectivity index (χ3v) is 8.34. The van der Waals surface area contributed by atoms with Crippen LogP contribution in [0.15, 0.2) is 42.6 Å². The van der Waals surface area contributed by atoms with Gasteiger partial charge in [-0.1, -0.05) is 13.0 Å². The Labute approximate surface area is 197 Å². The molecule has 7 nitrogen and oxygen atoms in total. The topological polar surface area (TPSA) is 107 Å². The average Bonchev–Trinajstić information content (AvgIpc) is 2.79. The smallest absolute Gasteiger partial charge is 0.224 e. The summed E-state index contributed by atoms with van der Waals surface area (Å²) >= 11 is -3.09. The number of halogens is 3. The van der Waals surface area contributed by atoms with Crippen molar-refractivity contribution in [3.63, 3.8) is 0 Å². The van der Waals surface area contributed by atoms with E-state index in [4.69, 9.17) is 0 Å². The highest BCUT2D eigenvalue weighted by molar-refractivity contribution is 7.99. The van der Waals surface area contributed by atoms with Crippen molar-refractivity contribution in [2.24, 2.45) is 0 Å². The van der Waals surface area contributed by atoms with Gasteiger partial charge < -0.3 is 4.55 Å². The molecule has 0 saturated heterocycles. The van der Waals surface area contributed by atoms with Crippen molar-refractivity contribution in [3.05, 3.63) is 76.7 Å². The number of aryl methyl sites for hydroxylation is 1. The maximum atomic E-state index is 15.1. The predicted molar refractivity (Wildman–Crippen MR) is 120 cm³/mol. The van der Waals surface area contributed by atoms with Crippen molar-refractivity contribution in [3.8, 4) is 0 Å². The zero-order chi connectivity index (χ0) is 25.0. The second kappa shape index (κ2) is 10.7. The highest BCUT2D eigenvalue weighted by atomic mass is 32.3. The molecule has 0 fully saturated rings. The van der Waals surface area contributed by atoms with Gasteiger partial charge in [-0.3, -0.25) is 14.0 Å².